The van der Waals surface area contributed by atoms with Crippen molar-refractivity contribution in [2.24, 2.45) is 0 Å². The van der Waals surface area contributed by atoms with E-state index in [0.29, 0.717) is 12.3 Å². The molecule has 6 nitrogen and oxygen atoms in total. The summed E-state index contributed by atoms with van der Waals surface area (Å²) < 4.78 is 10.1. The second-order valence-electron chi connectivity index (χ2n) is 6.80. The molecule has 7 heteroatoms. The second kappa shape index (κ2) is 8.53. The molecule has 148 valence electrons. The first-order valence-electron chi connectivity index (χ1n) is 9.47. The van der Waals surface area contributed by atoms with E-state index in [2.05, 4.69) is 28.7 Å². The van der Waals surface area contributed by atoms with Crippen LogP contribution in [0.15, 0.2) is 72.7 Å². The van der Waals surface area contributed by atoms with Crippen LogP contribution in [0.2, 0.25) is 0 Å². The molecule has 29 heavy (non-hydrogen) atoms. The molecule has 3 aromatic heterocycles. The van der Waals surface area contributed by atoms with E-state index in [1.165, 1.54) is 5.56 Å². The van der Waals surface area contributed by atoms with E-state index in [1.54, 1.807) is 11.8 Å². The SMILES string of the molecule is C=CCn1c(SCc2cn3ccccc3n2)nnc1C(C)Oc1ccc(C)cc1. The summed E-state index contributed by atoms with van der Waals surface area (Å²) in [5.74, 6) is 2.31. The van der Waals surface area contributed by atoms with Gasteiger partial charge in [-0.2, -0.15) is 0 Å². The lowest BCUT2D eigenvalue weighted by Crippen LogP contribution is -2.12. The molecular weight excluding hydrogens is 382 g/mol. The maximum absolute atomic E-state index is 6.08. The molecular formula is C22H23N5OS. The van der Waals surface area contributed by atoms with Gasteiger partial charge in [0.1, 0.15) is 11.4 Å². The van der Waals surface area contributed by atoms with Crippen molar-refractivity contribution in [3.63, 3.8) is 0 Å². The number of hydrogen-bond acceptors (Lipinski definition) is 5. The van der Waals surface area contributed by atoms with Crippen LogP contribution < -0.4 is 4.74 Å². The Morgan fingerprint density at radius 1 is 1.17 bits per heavy atom. The van der Waals surface area contributed by atoms with Crippen LogP contribution >= 0.6 is 11.8 Å². The Hall–Kier alpha value is -3.06. The van der Waals surface area contributed by atoms with Crippen molar-refractivity contribution in [2.75, 3.05) is 0 Å². The number of ether oxygens (including phenoxy) is 1. The number of aryl methyl sites for hydroxylation is 1. The Labute approximate surface area is 174 Å². The predicted octanol–water partition coefficient (Wildman–Crippen LogP) is 4.85. The van der Waals surface area contributed by atoms with Crippen molar-refractivity contribution in [1.82, 2.24) is 24.1 Å². The number of nitrogens with zero attached hydrogens (tertiary/aromatic N) is 5. The molecule has 0 bridgehead atoms. The Balaban J connectivity index is 1.50. The smallest absolute Gasteiger partial charge is 0.192 e. The first-order valence-corrected chi connectivity index (χ1v) is 10.5. The largest absolute Gasteiger partial charge is 0.483 e. The fraction of sp³-hybridized carbons (Fsp3) is 0.227. The predicted molar refractivity (Wildman–Crippen MR) is 115 cm³/mol. The molecule has 4 rings (SSSR count). The summed E-state index contributed by atoms with van der Waals surface area (Å²) >= 11 is 1.61. The number of pyridine rings is 1. The molecule has 0 aliphatic carbocycles. The van der Waals surface area contributed by atoms with Gasteiger partial charge in [0.2, 0.25) is 0 Å². The first kappa shape index (κ1) is 19.3. The standard InChI is InChI=1S/C22H23N5OS/c1-4-12-27-21(17(3)28-19-10-8-16(2)9-11-19)24-25-22(27)29-15-18-14-26-13-6-5-7-20(26)23-18/h4-11,13-14,17H,1,12,15H2,2-3H3. The number of rotatable bonds is 8. The van der Waals surface area contributed by atoms with E-state index >= 15 is 0 Å². The summed E-state index contributed by atoms with van der Waals surface area (Å²) in [4.78, 5) is 4.65. The zero-order chi connectivity index (χ0) is 20.2. The van der Waals surface area contributed by atoms with Crippen molar-refractivity contribution < 1.29 is 4.74 Å². The van der Waals surface area contributed by atoms with Gasteiger partial charge in [0.05, 0.1) is 5.69 Å². The van der Waals surface area contributed by atoms with E-state index in [0.717, 1.165) is 28.1 Å². The van der Waals surface area contributed by atoms with E-state index < -0.39 is 0 Å². The van der Waals surface area contributed by atoms with Gasteiger partial charge in [-0.3, -0.25) is 4.57 Å². The minimum absolute atomic E-state index is 0.227. The number of thioether (sulfide) groups is 1. The van der Waals surface area contributed by atoms with Crippen molar-refractivity contribution in [2.45, 2.75) is 37.4 Å². The van der Waals surface area contributed by atoms with Gasteiger partial charge >= 0.3 is 0 Å². The van der Waals surface area contributed by atoms with Crippen LogP contribution in [0, 0.1) is 6.92 Å². The van der Waals surface area contributed by atoms with Gasteiger partial charge in [0, 0.05) is 24.7 Å². The van der Waals surface area contributed by atoms with Crippen molar-refractivity contribution in [1.29, 1.82) is 0 Å². The lowest BCUT2D eigenvalue weighted by Gasteiger charge is -2.15. The van der Waals surface area contributed by atoms with Gasteiger partial charge in [-0.05, 0) is 38.1 Å². The zero-order valence-corrected chi connectivity index (χ0v) is 17.3. The maximum atomic E-state index is 6.08. The van der Waals surface area contributed by atoms with Gasteiger partial charge in [-0.25, -0.2) is 4.98 Å². The van der Waals surface area contributed by atoms with Gasteiger partial charge in [-0.1, -0.05) is 41.6 Å². The Kier molecular flexibility index (Phi) is 5.67. The normalized spacial score (nSPS) is 12.2. The third-order valence-corrected chi connectivity index (χ3v) is 5.52. The van der Waals surface area contributed by atoms with E-state index in [1.807, 2.05) is 76.8 Å². The van der Waals surface area contributed by atoms with Crippen LogP contribution in [-0.2, 0) is 12.3 Å². The number of allylic oxidation sites excluding steroid dienone is 1. The van der Waals surface area contributed by atoms with Crippen molar-refractivity contribution >= 4 is 17.4 Å². The molecule has 0 saturated heterocycles. The molecule has 0 radical (unpaired) electrons. The highest BCUT2D eigenvalue weighted by atomic mass is 32.2. The molecule has 0 aliphatic rings. The number of aromatic nitrogens is 5. The van der Waals surface area contributed by atoms with Crippen LogP contribution in [0.5, 0.6) is 5.75 Å². The number of hydrogen-bond donors (Lipinski definition) is 0. The molecule has 1 aromatic carbocycles. The Morgan fingerprint density at radius 2 is 2.00 bits per heavy atom. The van der Waals surface area contributed by atoms with Crippen LogP contribution in [-0.4, -0.2) is 24.1 Å². The van der Waals surface area contributed by atoms with Crippen LogP contribution in [0.4, 0.5) is 0 Å². The number of imidazole rings is 1. The van der Waals surface area contributed by atoms with Gasteiger partial charge in [0.25, 0.3) is 0 Å². The fourth-order valence-corrected chi connectivity index (χ4v) is 3.92. The Bertz CT molecular complexity index is 1080. The topological polar surface area (TPSA) is 57.2 Å². The summed E-state index contributed by atoms with van der Waals surface area (Å²) in [6.07, 6.45) is 5.66. The monoisotopic (exact) mass is 405 g/mol. The average Bonchev–Trinajstić information content (AvgIpc) is 3.32. The van der Waals surface area contributed by atoms with Crippen LogP contribution in [0.25, 0.3) is 5.65 Å². The lowest BCUT2D eigenvalue weighted by atomic mass is 10.2. The molecule has 0 fully saturated rings. The highest BCUT2D eigenvalue weighted by molar-refractivity contribution is 7.98. The van der Waals surface area contributed by atoms with Crippen molar-refractivity contribution in [3.8, 4) is 5.75 Å². The molecule has 0 saturated carbocycles. The molecule has 4 aromatic rings. The van der Waals surface area contributed by atoms with E-state index in [9.17, 15) is 0 Å². The van der Waals surface area contributed by atoms with Gasteiger partial charge in [0.15, 0.2) is 17.1 Å². The molecule has 0 amide bonds. The molecule has 1 unspecified atom stereocenters. The number of benzene rings is 1. The third-order valence-electron chi connectivity index (χ3n) is 4.52. The zero-order valence-electron chi connectivity index (χ0n) is 16.5. The maximum Gasteiger partial charge on any atom is 0.192 e. The molecule has 0 aliphatic heterocycles. The second-order valence-corrected chi connectivity index (χ2v) is 7.74. The quantitative estimate of drug-likeness (QED) is 0.310. The van der Waals surface area contributed by atoms with Crippen molar-refractivity contribution in [3.05, 3.63) is 84.6 Å². The van der Waals surface area contributed by atoms with E-state index in [4.69, 9.17) is 4.74 Å². The number of fused-ring (bicyclic) bond motifs is 1. The third kappa shape index (κ3) is 4.35. The van der Waals surface area contributed by atoms with Gasteiger partial charge < -0.3 is 9.14 Å². The Morgan fingerprint density at radius 3 is 2.76 bits per heavy atom. The first-order chi connectivity index (χ1) is 14.1. The summed E-state index contributed by atoms with van der Waals surface area (Å²) in [5.41, 5.74) is 3.14. The minimum atomic E-state index is -0.227. The van der Waals surface area contributed by atoms with Crippen LogP contribution in [0.1, 0.15) is 30.1 Å². The van der Waals surface area contributed by atoms with Crippen LogP contribution in [0.3, 0.4) is 0 Å². The fourth-order valence-electron chi connectivity index (χ4n) is 3.08. The average molecular weight is 406 g/mol. The van der Waals surface area contributed by atoms with Gasteiger partial charge in [-0.15, -0.1) is 16.8 Å². The minimum Gasteiger partial charge on any atom is -0.483 e. The highest BCUT2D eigenvalue weighted by Crippen LogP contribution is 2.26. The summed E-state index contributed by atoms with van der Waals surface area (Å²) in [6, 6.07) is 14.0. The summed E-state index contributed by atoms with van der Waals surface area (Å²) in [5, 5.41) is 9.62. The molecule has 0 N–H and O–H groups in total. The van der Waals surface area contributed by atoms with E-state index in [-0.39, 0.29) is 6.10 Å². The summed E-state index contributed by atoms with van der Waals surface area (Å²) in [6.45, 7) is 8.54. The molecule has 1 atom stereocenters. The molecule has 3 heterocycles. The molecule has 0 spiro atoms. The summed E-state index contributed by atoms with van der Waals surface area (Å²) in [7, 11) is 0. The highest BCUT2D eigenvalue weighted by Gasteiger charge is 2.19. The lowest BCUT2D eigenvalue weighted by molar-refractivity contribution is 0.210.